The summed E-state index contributed by atoms with van der Waals surface area (Å²) in [6.07, 6.45) is 0. The number of nitrogens with zero attached hydrogens (tertiary/aromatic N) is 3. The van der Waals surface area contributed by atoms with Gasteiger partial charge in [-0.25, -0.2) is 14.6 Å². The van der Waals surface area contributed by atoms with Gasteiger partial charge in [-0.2, -0.15) is 0 Å². The van der Waals surface area contributed by atoms with Gasteiger partial charge in [0.15, 0.2) is 5.69 Å². The van der Waals surface area contributed by atoms with Crippen LogP contribution in [0.25, 0.3) is 0 Å². The van der Waals surface area contributed by atoms with Crippen LogP contribution in [-0.4, -0.2) is 63.8 Å². The first-order valence-corrected chi connectivity index (χ1v) is 5.94. The summed E-state index contributed by atoms with van der Waals surface area (Å²) in [5.74, 6) is -2.29. The van der Waals surface area contributed by atoms with Gasteiger partial charge in [0, 0.05) is 7.05 Å². The normalized spacial score (nSPS) is 14.5. The molecule has 9 nitrogen and oxygen atoms in total. The van der Waals surface area contributed by atoms with Crippen LogP contribution in [0, 0.1) is 0 Å². The Morgan fingerprint density at radius 3 is 2.67 bits per heavy atom. The van der Waals surface area contributed by atoms with Crippen LogP contribution in [0.15, 0.2) is 18.2 Å². The number of hydrogen-bond donors (Lipinski definition) is 2. The number of imide groups is 1. The van der Waals surface area contributed by atoms with E-state index in [-0.39, 0.29) is 18.1 Å². The topological polar surface area (TPSA) is 120 Å². The number of amides is 4. The Labute approximate surface area is 119 Å². The summed E-state index contributed by atoms with van der Waals surface area (Å²) in [7, 11) is 1.45. The molecule has 1 fully saturated rings. The third-order valence-corrected chi connectivity index (χ3v) is 2.77. The minimum atomic E-state index is -1.22. The molecule has 0 bridgehead atoms. The smallest absolute Gasteiger partial charge is 0.354 e. The van der Waals surface area contributed by atoms with Gasteiger partial charge in [0.25, 0.3) is 5.91 Å². The Morgan fingerprint density at radius 1 is 1.38 bits per heavy atom. The van der Waals surface area contributed by atoms with Gasteiger partial charge in [-0.1, -0.05) is 6.07 Å². The third kappa shape index (κ3) is 3.14. The summed E-state index contributed by atoms with van der Waals surface area (Å²) in [5, 5.41) is 11.1. The molecule has 1 aliphatic rings. The zero-order chi connectivity index (χ0) is 15.6. The fraction of sp³-hybridized carbons (Fsp3) is 0.250. The fourth-order valence-electron chi connectivity index (χ4n) is 1.77. The van der Waals surface area contributed by atoms with E-state index in [9.17, 15) is 19.2 Å². The molecule has 1 saturated heterocycles. The molecule has 1 aromatic heterocycles. The number of likely N-dealkylation sites (N-methyl/N-ethyl adjacent to an activating group) is 1. The minimum absolute atomic E-state index is 0.0346. The Balaban J connectivity index is 2.02. The van der Waals surface area contributed by atoms with Crippen LogP contribution in [0.1, 0.15) is 10.5 Å². The van der Waals surface area contributed by atoms with E-state index in [4.69, 9.17) is 5.11 Å². The molecule has 0 radical (unpaired) electrons. The summed E-state index contributed by atoms with van der Waals surface area (Å²) in [6.45, 7) is -0.514. The lowest BCUT2D eigenvalue weighted by Crippen LogP contribution is -2.38. The Hall–Kier alpha value is -2.97. The number of nitrogens with one attached hydrogen (secondary N) is 1. The van der Waals surface area contributed by atoms with E-state index in [0.29, 0.717) is 0 Å². The predicted octanol–water partition coefficient (Wildman–Crippen LogP) is -0.388. The monoisotopic (exact) mass is 292 g/mol. The molecule has 110 valence electrons. The van der Waals surface area contributed by atoms with Crippen LogP contribution >= 0.6 is 0 Å². The van der Waals surface area contributed by atoms with E-state index in [2.05, 4.69) is 10.3 Å². The Morgan fingerprint density at radius 2 is 2.10 bits per heavy atom. The van der Waals surface area contributed by atoms with Crippen LogP contribution in [0.2, 0.25) is 0 Å². The first-order valence-electron chi connectivity index (χ1n) is 5.94. The van der Waals surface area contributed by atoms with Crippen molar-refractivity contribution >= 4 is 29.6 Å². The highest BCUT2D eigenvalue weighted by Crippen LogP contribution is 2.09. The van der Waals surface area contributed by atoms with Crippen LogP contribution in [0.4, 0.5) is 10.6 Å². The number of hydrogen-bond acceptors (Lipinski definition) is 5. The summed E-state index contributed by atoms with van der Waals surface area (Å²) in [4.78, 5) is 51.4. The van der Waals surface area contributed by atoms with E-state index in [0.717, 1.165) is 4.90 Å². The van der Waals surface area contributed by atoms with Crippen molar-refractivity contribution in [2.45, 2.75) is 0 Å². The lowest BCUT2D eigenvalue weighted by Gasteiger charge is -2.13. The molecule has 0 aromatic carbocycles. The van der Waals surface area contributed by atoms with Crippen LogP contribution in [0.3, 0.4) is 0 Å². The number of carbonyl (C=O) groups is 4. The largest absolute Gasteiger partial charge is 0.477 e. The molecular formula is C12H12N4O5. The Bertz CT molecular complexity index is 630. The zero-order valence-corrected chi connectivity index (χ0v) is 11.1. The Kier molecular flexibility index (Phi) is 3.83. The molecule has 0 saturated carbocycles. The average Bonchev–Trinajstić information content (AvgIpc) is 2.65. The first kappa shape index (κ1) is 14.4. The minimum Gasteiger partial charge on any atom is -0.477 e. The molecule has 2 N–H and O–H groups in total. The highest BCUT2D eigenvalue weighted by atomic mass is 16.4. The standard InChI is InChI=1S/C12H12N4O5/c1-15-6-10(18)16(12(15)21)5-9(17)14-8-4-2-3-7(13-8)11(19)20/h2-4H,5-6H2,1H3,(H,19,20)(H,13,14,17). The maximum atomic E-state index is 11.8. The van der Waals surface area contributed by atoms with Crippen molar-refractivity contribution in [1.82, 2.24) is 14.8 Å². The molecule has 1 aliphatic heterocycles. The highest BCUT2D eigenvalue weighted by Gasteiger charge is 2.34. The van der Waals surface area contributed by atoms with Crippen LogP contribution < -0.4 is 5.32 Å². The number of aromatic nitrogens is 1. The van der Waals surface area contributed by atoms with E-state index < -0.39 is 30.4 Å². The number of pyridine rings is 1. The summed E-state index contributed by atoms with van der Waals surface area (Å²) < 4.78 is 0. The maximum Gasteiger partial charge on any atom is 0.354 e. The second-order valence-electron chi connectivity index (χ2n) is 4.38. The lowest BCUT2D eigenvalue weighted by atomic mass is 10.3. The summed E-state index contributed by atoms with van der Waals surface area (Å²) in [5.41, 5.74) is -0.221. The van der Waals surface area contributed by atoms with E-state index in [1.807, 2.05) is 0 Å². The molecule has 2 heterocycles. The van der Waals surface area contributed by atoms with E-state index >= 15 is 0 Å². The summed E-state index contributed by atoms with van der Waals surface area (Å²) >= 11 is 0. The molecule has 0 spiro atoms. The second kappa shape index (κ2) is 5.57. The van der Waals surface area contributed by atoms with Crippen molar-refractivity contribution in [3.63, 3.8) is 0 Å². The van der Waals surface area contributed by atoms with Crippen molar-refractivity contribution in [2.75, 3.05) is 25.5 Å². The second-order valence-corrected chi connectivity index (χ2v) is 4.38. The van der Waals surface area contributed by atoms with Crippen molar-refractivity contribution in [2.24, 2.45) is 0 Å². The number of anilines is 1. The fourth-order valence-corrected chi connectivity index (χ4v) is 1.77. The van der Waals surface area contributed by atoms with Gasteiger partial charge in [-0.05, 0) is 12.1 Å². The van der Waals surface area contributed by atoms with E-state index in [1.54, 1.807) is 0 Å². The van der Waals surface area contributed by atoms with Crippen molar-refractivity contribution < 1.29 is 24.3 Å². The van der Waals surface area contributed by atoms with Gasteiger partial charge in [0.1, 0.15) is 18.9 Å². The number of carbonyl (C=O) groups excluding carboxylic acids is 3. The molecule has 2 rings (SSSR count). The van der Waals surface area contributed by atoms with Crippen LogP contribution in [0.5, 0.6) is 0 Å². The molecule has 0 unspecified atom stereocenters. The van der Waals surface area contributed by atoms with Crippen molar-refractivity contribution in [3.8, 4) is 0 Å². The van der Waals surface area contributed by atoms with E-state index in [1.165, 1.54) is 30.1 Å². The number of rotatable bonds is 4. The van der Waals surface area contributed by atoms with Crippen molar-refractivity contribution in [1.29, 1.82) is 0 Å². The molecular weight excluding hydrogens is 280 g/mol. The highest BCUT2D eigenvalue weighted by molar-refractivity contribution is 6.06. The van der Waals surface area contributed by atoms with Gasteiger partial charge in [-0.3, -0.25) is 14.5 Å². The average molecular weight is 292 g/mol. The van der Waals surface area contributed by atoms with Gasteiger partial charge < -0.3 is 15.3 Å². The molecule has 9 heteroatoms. The predicted molar refractivity (Wildman–Crippen MR) is 69.6 cm³/mol. The maximum absolute atomic E-state index is 11.8. The molecule has 1 aromatic rings. The molecule has 4 amide bonds. The first-order chi connectivity index (χ1) is 9.88. The number of urea groups is 1. The van der Waals surface area contributed by atoms with Crippen molar-refractivity contribution in [3.05, 3.63) is 23.9 Å². The number of aromatic carboxylic acids is 1. The SMILES string of the molecule is CN1CC(=O)N(CC(=O)Nc2cccc(C(=O)O)n2)C1=O. The van der Waals surface area contributed by atoms with Gasteiger partial charge >= 0.3 is 12.0 Å². The lowest BCUT2D eigenvalue weighted by molar-refractivity contribution is -0.129. The third-order valence-electron chi connectivity index (χ3n) is 2.77. The summed E-state index contributed by atoms with van der Waals surface area (Å²) in [6, 6.07) is 3.55. The van der Waals surface area contributed by atoms with Gasteiger partial charge in [0.2, 0.25) is 5.91 Å². The number of carboxylic acids is 1. The zero-order valence-electron chi connectivity index (χ0n) is 11.1. The molecule has 21 heavy (non-hydrogen) atoms. The van der Waals surface area contributed by atoms with Gasteiger partial charge in [0.05, 0.1) is 0 Å². The van der Waals surface area contributed by atoms with Gasteiger partial charge in [-0.15, -0.1) is 0 Å². The van der Waals surface area contributed by atoms with Crippen LogP contribution in [-0.2, 0) is 9.59 Å². The molecule has 0 aliphatic carbocycles. The molecule has 0 atom stereocenters. The number of carboxylic acid groups (broad SMARTS) is 1. The quantitative estimate of drug-likeness (QED) is 0.729.